The molecular formula is C10H11NO2S. The zero-order valence-electron chi connectivity index (χ0n) is 7.82. The molecule has 2 N–H and O–H groups in total. The lowest BCUT2D eigenvalue weighted by Gasteiger charge is -2.02. The van der Waals surface area contributed by atoms with Gasteiger partial charge in [-0.05, 0) is 35.8 Å². The predicted octanol–water partition coefficient (Wildman–Crippen LogP) is 1.29. The predicted molar refractivity (Wildman–Crippen MR) is 55.2 cm³/mol. The van der Waals surface area contributed by atoms with Crippen LogP contribution in [0.25, 0.3) is 5.57 Å². The Morgan fingerprint density at radius 1 is 1.36 bits per heavy atom. The molecule has 0 aliphatic carbocycles. The van der Waals surface area contributed by atoms with Gasteiger partial charge in [0.05, 0.1) is 4.90 Å². The minimum absolute atomic E-state index is 0.396. The summed E-state index contributed by atoms with van der Waals surface area (Å²) in [5.74, 6) is 0. The first-order chi connectivity index (χ1) is 6.54. The Labute approximate surface area is 83.2 Å². The van der Waals surface area contributed by atoms with Crippen molar-refractivity contribution < 1.29 is 8.42 Å². The Kier molecular flexibility index (Phi) is 1.97. The van der Waals surface area contributed by atoms with Gasteiger partial charge < -0.3 is 5.73 Å². The van der Waals surface area contributed by atoms with Gasteiger partial charge >= 0.3 is 0 Å². The third kappa shape index (κ3) is 1.27. The molecule has 1 aliphatic rings. The van der Waals surface area contributed by atoms with E-state index in [4.69, 9.17) is 5.73 Å². The number of hydrogen-bond donors (Lipinski definition) is 1. The maximum Gasteiger partial charge on any atom is 0.200 e. The van der Waals surface area contributed by atoms with Gasteiger partial charge in [0.25, 0.3) is 0 Å². The molecule has 1 heterocycles. The van der Waals surface area contributed by atoms with Crippen LogP contribution >= 0.6 is 0 Å². The van der Waals surface area contributed by atoms with Crippen LogP contribution in [0.1, 0.15) is 18.1 Å². The van der Waals surface area contributed by atoms with Crippen molar-refractivity contribution >= 4 is 15.4 Å². The van der Waals surface area contributed by atoms with E-state index in [0.29, 0.717) is 11.4 Å². The highest BCUT2D eigenvalue weighted by Gasteiger charge is 2.24. The summed E-state index contributed by atoms with van der Waals surface area (Å²) in [7, 11) is -3.18. The fraction of sp³-hybridized carbons (Fsp3) is 0.200. The summed E-state index contributed by atoms with van der Waals surface area (Å²) in [4.78, 5) is 0.396. The van der Waals surface area contributed by atoms with Crippen molar-refractivity contribution in [1.82, 2.24) is 0 Å². The molecule has 0 saturated carbocycles. The van der Waals surface area contributed by atoms with Crippen LogP contribution in [0.2, 0.25) is 0 Å². The molecule has 1 aromatic rings. The normalized spacial score (nSPS) is 17.7. The summed E-state index contributed by atoms with van der Waals surface area (Å²) in [6.45, 7) is 2.23. The van der Waals surface area contributed by atoms with Crippen molar-refractivity contribution in [3.05, 3.63) is 34.7 Å². The second-order valence-electron chi connectivity index (χ2n) is 3.38. The SMILES string of the molecule is CC1=CS(=O)(=O)c2ccc(CN)cc21. The molecule has 1 aromatic carbocycles. The summed E-state index contributed by atoms with van der Waals surface area (Å²) in [5.41, 5.74) is 8.01. The van der Waals surface area contributed by atoms with E-state index in [-0.39, 0.29) is 0 Å². The van der Waals surface area contributed by atoms with Crippen LogP contribution in [0.5, 0.6) is 0 Å². The minimum atomic E-state index is -3.18. The van der Waals surface area contributed by atoms with E-state index >= 15 is 0 Å². The van der Waals surface area contributed by atoms with Crippen LogP contribution in [-0.4, -0.2) is 8.42 Å². The van der Waals surface area contributed by atoms with E-state index in [1.807, 2.05) is 6.07 Å². The molecular weight excluding hydrogens is 198 g/mol. The smallest absolute Gasteiger partial charge is 0.200 e. The monoisotopic (exact) mass is 209 g/mol. The lowest BCUT2D eigenvalue weighted by Crippen LogP contribution is -1.99. The number of fused-ring (bicyclic) bond motifs is 1. The molecule has 0 saturated heterocycles. The van der Waals surface area contributed by atoms with Crippen LogP contribution in [0.15, 0.2) is 28.5 Å². The van der Waals surface area contributed by atoms with Crippen LogP contribution in [0.4, 0.5) is 0 Å². The van der Waals surface area contributed by atoms with E-state index < -0.39 is 9.84 Å². The Balaban J connectivity index is 2.71. The maximum atomic E-state index is 11.6. The molecule has 0 aromatic heterocycles. The van der Waals surface area contributed by atoms with Crippen molar-refractivity contribution in [2.45, 2.75) is 18.4 Å². The molecule has 74 valence electrons. The second-order valence-corrected chi connectivity index (χ2v) is 5.15. The summed E-state index contributed by atoms with van der Waals surface area (Å²) in [6, 6.07) is 5.22. The van der Waals surface area contributed by atoms with Crippen LogP contribution in [-0.2, 0) is 16.4 Å². The van der Waals surface area contributed by atoms with Gasteiger partial charge in [-0.3, -0.25) is 0 Å². The molecule has 14 heavy (non-hydrogen) atoms. The van der Waals surface area contributed by atoms with E-state index in [9.17, 15) is 8.42 Å². The van der Waals surface area contributed by atoms with Gasteiger partial charge in [0.1, 0.15) is 0 Å². The van der Waals surface area contributed by atoms with Crippen molar-refractivity contribution in [2.24, 2.45) is 5.73 Å². The number of nitrogens with two attached hydrogens (primary N) is 1. The first-order valence-electron chi connectivity index (χ1n) is 4.31. The number of sulfone groups is 1. The third-order valence-electron chi connectivity index (χ3n) is 2.34. The number of hydrogen-bond acceptors (Lipinski definition) is 3. The summed E-state index contributed by atoms with van der Waals surface area (Å²) in [5, 5.41) is 1.30. The highest BCUT2D eigenvalue weighted by atomic mass is 32.2. The van der Waals surface area contributed by atoms with Gasteiger partial charge in [0, 0.05) is 12.0 Å². The highest BCUT2D eigenvalue weighted by molar-refractivity contribution is 7.95. The van der Waals surface area contributed by atoms with Gasteiger partial charge in [-0.15, -0.1) is 0 Å². The topological polar surface area (TPSA) is 60.2 Å². The molecule has 0 amide bonds. The summed E-state index contributed by atoms with van der Waals surface area (Å²) in [6.07, 6.45) is 0. The first-order valence-corrected chi connectivity index (χ1v) is 5.86. The Hall–Kier alpha value is -1.13. The van der Waals surface area contributed by atoms with Crippen LogP contribution in [0.3, 0.4) is 0 Å². The average molecular weight is 209 g/mol. The fourth-order valence-electron chi connectivity index (χ4n) is 1.62. The van der Waals surface area contributed by atoms with Crippen LogP contribution < -0.4 is 5.73 Å². The fourth-order valence-corrected chi connectivity index (χ4v) is 3.12. The zero-order valence-corrected chi connectivity index (χ0v) is 8.64. The Morgan fingerprint density at radius 3 is 2.71 bits per heavy atom. The molecule has 0 fully saturated rings. The Bertz CT molecular complexity index is 515. The molecule has 4 heteroatoms. The maximum absolute atomic E-state index is 11.6. The van der Waals surface area contributed by atoms with E-state index in [1.54, 1.807) is 19.1 Å². The van der Waals surface area contributed by atoms with Crippen LogP contribution in [0, 0.1) is 0 Å². The molecule has 0 unspecified atom stereocenters. The molecule has 0 radical (unpaired) electrons. The molecule has 3 nitrogen and oxygen atoms in total. The molecule has 0 spiro atoms. The molecule has 1 aliphatic heterocycles. The minimum Gasteiger partial charge on any atom is -0.326 e. The number of allylic oxidation sites excluding steroid dienone is 1. The van der Waals surface area contributed by atoms with E-state index in [2.05, 4.69) is 0 Å². The van der Waals surface area contributed by atoms with Gasteiger partial charge in [-0.25, -0.2) is 8.42 Å². The molecule has 0 bridgehead atoms. The lowest BCUT2D eigenvalue weighted by atomic mass is 10.1. The van der Waals surface area contributed by atoms with Gasteiger partial charge in [-0.2, -0.15) is 0 Å². The van der Waals surface area contributed by atoms with Crippen molar-refractivity contribution in [2.75, 3.05) is 0 Å². The van der Waals surface area contributed by atoms with Gasteiger partial charge in [0.2, 0.25) is 9.84 Å². The van der Waals surface area contributed by atoms with Gasteiger partial charge in [0.15, 0.2) is 0 Å². The van der Waals surface area contributed by atoms with Gasteiger partial charge in [-0.1, -0.05) is 6.07 Å². The lowest BCUT2D eigenvalue weighted by molar-refractivity contribution is 0.605. The summed E-state index contributed by atoms with van der Waals surface area (Å²) < 4.78 is 23.1. The first kappa shape index (κ1) is 9.43. The van der Waals surface area contributed by atoms with Crippen molar-refractivity contribution in [3.8, 4) is 0 Å². The largest absolute Gasteiger partial charge is 0.326 e. The number of rotatable bonds is 1. The molecule has 0 atom stereocenters. The van der Waals surface area contributed by atoms with E-state index in [0.717, 1.165) is 16.7 Å². The third-order valence-corrected chi connectivity index (χ3v) is 3.98. The zero-order chi connectivity index (χ0) is 10.3. The quantitative estimate of drug-likeness (QED) is 0.758. The second kappa shape index (κ2) is 2.93. The number of benzene rings is 1. The van der Waals surface area contributed by atoms with Crippen molar-refractivity contribution in [1.29, 1.82) is 0 Å². The highest BCUT2D eigenvalue weighted by Crippen LogP contribution is 2.33. The average Bonchev–Trinajstić information content (AvgIpc) is 2.37. The Morgan fingerprint density at radius 2 is 2.07 bits per heavy atom. The van der Waals surface area contributed by atoms with Crippen molar-refractivity contribution in [3.63, 3.8) is 0 Å². The standard InChI is InChI=1S/C10H11NO2S/c1-7-6-14(12,13)10-3-2-8(5-11)4-9(7)10/h2-4,6H,5,11H2,1H3. The van der Waals surface area contributed by atoms with E-state index in [1.165, 1.54) is 5.41 Å². The molecule has 2 rings (SSSR count). The summed E-state index contributed by atoms with van der Waals surface area (Å²) >= 11 is 0.